The fourth-order valence-electron chi connectivity index (χ4n) is 4.26. The van der Waals surface area contributed by atoms with Crippen LogP contribution in [0.15, 0.2) is 18.2 Å². The molecule has 0 amide bonds. The molecule has 0 bridgehead atoms. The lowest BCUT2D eigenvalue weighted by Gasteiger charge is -2.41. The average Bonchev–Trinajstić information content (AvgIpc) is 2.44. The molecule has 0 nitrogen and oxygen atoms in total. The molecule has 0 saturated heterocycles. The summed E-state index contributed by atoms with van der Waals surface area (Å²) >= 11 is 0. The molecule has 1 atom stereocenters. The number of hydrogen-bond acceptors (Lipinski definition) is 0. The number of hydrogen-bond donors (Lipinski definition) is 0. The Hall–Kier alpha value is -0.780. The summed E-state index contributed by atoms with van der Waals surface area (Å²) in [6.45, 7) is 25.6. The van der Waals surface area contributed by atoms with Gasteiger partial charge in [-0.05, 0) is 65.4 Å². The predicted octanol–water partition coefficient (Wildman–Crippen LogP) is 8.66. The van der Waals surface area contributed by atoms with E-state index in [1.165, 1.54) is 42.4 Å². The summed E-state index contributed by atoms with van der Waals surface area (Å²) in [5.74, 6) is 1.56. The van der Waals surface area contributed by atoms with Crippen LogP contribution in [0.25, 0.3) is 0 Å². The Labute approximate surface area is 165 Å². The van der Waals surface area contributed by atoms with Crippen molar-refractivity contribution in [2.24, 2.45) is 16.7 Å². The van der Waals surface area contributed by atoms with E-state index >= 15 is 0 Å². The molecule has 1 aliphatic rings. The van der Waals surface area contributed by atoms with E-state index in [0.29, 0.717) is 16.7 Å². The third-order valence-corrected chi connectivity index (χ3v) is 6.07. The standard InChI is InChI=1S/C14H22.C12H24/c1-10(2)12-8-7-11(3)9-13(12)14(4,5)6;1-11(2,3)10-7-6-8-12(4,5)9-10/h7-10H,1-6H3;10H,6-9H2,1-5H3. The van der Waals surface area contributed by atoms with Gasteiger partial charge in [-0.2, -0.15) is 0 Å². The Morgan fingerprint density at radius 1 is 1.00 bits per heavy atom. The normalized spacial score (nSPS) is 20.5. The van der Waals surface area contributed by atoms with E-state index in [9.17, 15) is 0 Å². The Morgan fingerprint density at radius 2 is 1.58 bits per heavy atom. The molecule has 26 heavy (non-hydrogen) atoms. The van der Waals surface area contributed by atoms with E-state index < -0.39 is 0 Å². The predicted molar refractivity (Wildman–Crippen MR) is 119 cm³/mol. The summed E-state index contributed by atoms with van der Waals surface area (Å²) < 4.78 is 0. The topological polar surface area (TPSA) is 0 Å². The van der Waals surface area contributed by atoms with E-state index in [-0.39, 0.29) is 5.41 Å². The quantitative estimate of drug-likeness (QED) is 0.471. The van der Waals surface area contributed by atoms with Crippen LogP contribution in [0.2, 0.25) is 0 Å². The first-order chi connectivity index (χ1) is 11.6. The second kappa shape index (κ2) is 8.49. The highest BCUT2D eigenvalue weighted by Crippen LogP contribution is 2.45. The van der Waals surface area contributed by atoms with Crippen LogP contribution in [-0.4, -0.2) is 0 Å². The smallest absolute Gasteiger partial charge is 0.0129 e. The molecule has 150 valence electrons. The molecule has 1 aromatic rings. The Kier molecular flexibility index (Phi) is 7.59. The molecule has 1 saturated carbocycles. The van der Waals surface area contributed by atoms with Crippen LogP contribution in [-0.2, 0) is 5.41 Å². The molecule has 0 spiro atoms. The van der Waals surface area contributed by atoms with Crippen molar-refractivity contribution in [3.63, 3.8) is 0 Å². The van der Waals surface area contributed by atoms with Crippen molar-refractivity contribution in [3.8, 4) is 0 Å². The van der Waals surface area contributed by atoms with E-state index in [1.54, 1.807) is 0 Å². The molecule has 1 fully saturated rings. The summed E-state index contributed by atoms with van der Waals surface area (Å²) in [5.41, 5.74) is 5.73. The first kappa shape index (κ1) is 23.3. The van der Waals surface area contributed by atoms with Gasteiger partial charge >= 0.3 is 0 Å². The Balaban J connectivity index is 0.000000263. The SMILES string of the molecule is CC1(C)CCCC(C(C)(C)C)C1.Cc1ccc(C(C)C)c(C(C)(C)C)c1. The van der Waals surface area contributed by atoms with Gasteiger partial charge in [-0.15, -0.1) is 0 Å². The molecule has 0 radical (unpaired) electrons. The summed E-state index contributed by atoms with van der Waals surface area (Å²) in [5, 5.41) is 0. The van der Waals surface area contributed by atoms with Crippen LogP contribution in [0.3, 0.4) is 0 Å². The van der Waals surface area contributed by atoms with Gasteiger partial charge in [0.25, 0.3) is 0 Å². The van der Waals surface area contributed by atoms with E-state index in [2.05, 4.69) is 94.4 Å². The largest absolute Gasteiger partial charge is 0.0599 e. The number of aryl methyl sites for hydroxylation is 1. The van der Waals surface area contributed by atoms with Gasteiger partial charge < -0.3 is 0 Å². The lowest BCUT2D eigenvalue weighted by atomic mass is 9.64. The first-order valence-electron chi connectivity index (χ1n) is 10.7. The van der Waals surface area contributed by atoms with Gasteiger partial charge in [0.05, 0.1) is 0 Å². The van der Waals surface area contributed by atoms with Crippen molar-refractivity contribution in [1.29, 1.82) is 0 Å². The van der Waals surface area contributed by atoms with Crippen molar-refractivity contribution in [2.75, 3.05) is 0 Å². The lowest BCUT2D eigenvalue weighted by molar-refractivity contribution is 0.0959. The molecule has 0 heteroatoms. The summed E-state index contributed by atoms with van der Waals surface area (Å²) in [7, 11) is 0. The third kappa shape index (κ3) is 7.09. The fourth-order valence-corrected chi connectivity index (χ4v) is 4.26. The average molecular weight is 359 g/mol. The van der Waals surface area contributed by atoms with Crippen molar-refractivity contribution in [2.45, 2.75) is 113 Å². The van der Waals surface area contributed by atoms with Crippen LogP contribution in [0.5, 0.6) is 0 Å². The Morgan fingerprint density at radius 3 is 1.96 bits per heavy atom. The summed E-state index contributed by atoms with van der Waals surface area (Å²) in [6.07, 6.45) is 5.75. The van der Waals surface area contributed by atoms with Crippen LogP contribution in [0.4, 0.5) is 0 Å². The zero-order chi connectivity index (χ0) is 20.3. The monoisotopic (exact) mass is 358 g/mol. The third-order valence-electron chi connectivity index (χ3n) is 6.07. The van der Waals surface area contributed by atoms with Crippen LogP contribution in [0, 0.1) is 23.7 Å². The van der Waals surface area contributed by atoms with Crippen molar-refractivity contribution in [1.82, 2.24) is 0 Å². The zero-order valence-corrected chi connectivity index (χ0v) is 19.7. The molecule has 1 aliphatic carbocycles. The summed E-state index contributed by atoms with van der Waals surface area (Å²) in [4.78, 5) is 0. The van der Waals surface area contributed by atoms with Gasteiger partial charge in [0.15, 0.2) is 0 Å². The maximum absolute atomic E-state index is 2.42. The van der Waals surface area contributed by atoms with Gasteiger partial charge in [0.2, 0.25) is 0 Å². The minimum atomic E-state index is 0.256. The molecule has 0 heterocycles. The Bertz CT molecular complexity index is 557. The first-order valence-corrected chi connectivity index (χ1v) is 10.7. The van der Waals surface area contributed by atoms with Crippen molar-refractivity contribution in [3.05, 3.63) is 34.9 Å². The highest BCUT2D eigenvalue weighted by Gasteiger charge is 2.34. The highest BCUT2D eigenvalue weighted by molar-refractivity contribution is 5.38. The van der Waals surface area contributed by atoms with Gasteiger partial charge in [0, 0.05) is 0 Å². The molecule has 0 aliphatic heterocycles. The minimum Gasteiger partial charge on any atom is -0.0599 e. The van der Waals surface area contributed by atoms with Gasteiger partial charge in [0.1, 0.15) is 0 Å². The summed E-state index contributed by atoms with van der Waals surface area (Å²) in [6, 6.07) is 6.82. The van der Waals surface area contributed by atoms with Crippen molar-refractivity contribution >= 4 is 0 Å². The second-order valence-electron chi connectivity index (χ2n) is 11.8. The molecular weight excluding hydrogens is 312 g/mol. The number of benzene rings is 1. The highest BCUT2D eigenvalue weighted by atomic mass is 14.4. The van der Waals surface area contributed by atoms with E-state index in [4.69, 9.17) is 0 Å². The maximum Gasteiger partial charge on any atom is -0.0129 e. The van der Waals surface area contributed by atoms with Gasteiger partial charge in [-0.3, -0.25) is 0 Å². The van der Waals surface area contributed by atoms with Gasteiger partial charge in [-0.1, -0.05) is 99.4 Å². The van der Waals surface area contributed by atoms with E-state index in [0.717, 1.165) is 5.92 Å². The maximum atomic E-state index is 2.42. The lowest BCUT2D eigenvalue weighted by Crippen LogP contribution is -2.30. The van der Waals surface area contributed by atoms with Gasteiger partial charge in [-0.25, -0.2) is 0 Å². The number of rotatable bonds is 1. The van der Waals surface area contributed by atoms with Crippen LogP contribution >= 0.6 is 0 Å². The minimum absolute atomic E-state index is 0.256. The molecule has 1 aromatic carbocycles. The van der Waals surface area contributed by atoms with Crippen molar-refractivity contribution < 1.29 is 0 Å². The molecular formula is C26H46. The van der Waals surface area contributed by atoms with Crippen LogP contribution in [0.1, 0.15) is 118 Å². The van der Waals surface area contributed by atoms with Crippen LogP contribution < -0.4 is 0 Å². The fraction of sp³-hybridized carbons (Fsp3) is 0.769. The molecule has 2 rings (SSSR count). The molecule has 0 N–H and O–H groups in total. The zero-order valence-electron chi connectivity index (χ0n) is 19.7. The molecule has 0 aromatic heterocycles. The van der Waals surface area contributed by atoms with E-state index in [1.807, 2.05) is 0 Å². The second-order valence-corrected chi connectivity index (χ2v) is 11.8. The molecule has 1 unspecified atom stereocenters.